The van der Waals surface area contributed by atoms with Crippen LogP contribution in [0.4, 0.5) is 0 Å². The Morgan fingerprint density at radius 1 is 0.812 bits per heavy atom. The molecule has 0 unspecified atom stereocenters. The fourth-order valence-electron chi connectivity index (χ4n) is 1.91. The summed E-state index contributed by atoms with van der Waals surface area (Å²) in [4.78, 5) is 3.47. The van der Waals surface area contributed by atoms with Gasteiger partial charge in [0.25, 0.3) is 0 Å². The Hall–Kier alpha value is -1.29. The summed E-state index contributed by atoms with van der Waals surface area (Å²) in [6.07, 6.45) is 0. The molecule has 0 aliphatic carbocycles. The topological polar surface area (TPSA) is 15.8 Å². The van der Waals surface area contributed by atoms with Gasteiger partial charge in [0.15, 0.2) is 0 Å². The van der Waals surface area contributed by atoms with Gasteiger partial charge in [0.05, 0.1) is 5.69 Å². The number of hydrogen-bond acceptors (Lipinski definition) is 0. The summed E-state index contributed by atoms with van der Waals surface area (Å²) in [5.41, 5.74) is 3.65. The van der Waals surface area contributed by atoms with Crippen LogP contribution in [0.1, 0.15) is 0 Å². The van der Waals surface area contributed by atoms with Gasteiger partial charge in [-0.2, -0.15) is 0 Å². The fraction of sp³-hybridized carbons (Fsp3) is 0. The van der Waals surface area contributed by atoms with Crippen molar-refractivity contribution >= 4 is 33.5 Å². The Balaban J connectivity index is 2.29. The Morgan fingerprint density at radius 3 is 2.25 bits per heavy atom. The van der Waals surface area contributed by atoms with Crippen molar-refractivity contribution in [2.24, 2.45) is 0 Å². The molecule has 1 heterocycles. The zero-order chi connectivity index (χ0) is 11.0. The third-order valence-electron chi connectivity index (χ3n) is 2.71. The summed E-state index contributed by atoms with van der Waals surface area (Å²) in [6, 6.07) is 18.8. The number of rotatable bonds is 1. The first-order chi connectivity index (χ1) is 7.86. The molecular formula is C14H10IN. The van der Waals surface area contributed by atoms with Crippen LogP contribution < -0.4 is 0 Å². The van der Waals surface area contributed by atoms with Crippen LogP contribution in [-0.2, 0) is 0 Å². The Bertz CT molecular complexity index is 626. The summed E-state index contributed by atoms with van der Waals surface area (Å²) in [7, 11) is 0. The first kappa shape index (κ1) is 9.90. The molecule has 16 heavy (non-hydrogen) atoms. The lowest BCUT2D eigenvalue weighted by molar-refractivity contribution is 1.44. The molecule has 0 spiro atoms. The molecule has 0 saturated carbocycles. The molecule has 1 N–H and O–H groups in total. The largest absolute Gasteiger partial charge is 0.354 e. The molecule has 1 nitrogen and oxygen atoms in total. The normalized spacial score (nSPS) is 10.8. The van der Waals surface area contributed by atoms with Crippen molar-refractivity contribution in [1.29, 1.82) is 0 Å². The quantitative estimate of drug-likeness (QED) is 0.638. The maximum atomic E-state index is 3.47. The number of aromatic amines is 1. The molecule has 0 amide bonds. The lowest BCUT2D eigenvalue weighted by atomic mass is 10.1. The highest BCUT2D eigenvalue weighted by atomic mass is 127. The first-order valence-corrected chi connectivity index (χ1v) is 6.26. The van der Waals surface area contributed by atoms with Crippen LogP contribution in [0.15, 0.2) is 54.6 Å². The van der Waals surface area contributed by atoms with Crippen molar-refractivity contribution in [2.75, 3.05) is 0 Å². The number of aromatic nitrogens is 1. The van der Waals surface area contributed by atoms with Gasteiger partial charge >= 0.3 is 0 Å². The predicted molar refractivity (Wildman–Crippen MR) is 76.5 cm³/mol. The van der Waals surface area contributed by atoms with Crippen molar-refractivity contribution in [2.45, 2.75) is 0 Å². The highest BCUT2D eigenvalue weighted by Gasteiger charge is 2.09. The molecule has 3 aromatic rings. The molecular weight excluding hydrogens is 309 g/mol. The number of hydrogen-bond donors (Lipinski definition) is 1. The number of halogens is 1. The Labute approximate surface area is 108 Å². The van der Waals surface area contributed by atoms with Gasteiger partial charge in [-0.25, -0.2) is 0 Å². The van der Waals surface area contributed by atoms with E-state index in [1.165, 1.54) is 25.7 Å². The van der Waals surface area contributed by atoms with Gasteiger partial charge in [-0.1, -0.05) is 48.5 Å². The van der Waals surface area contributed by atoms with Crippen LogP contribution in [0.25, 0.3) is 22.2 Å². The van der Waals surface area contributed by atoms with Crippen molar-refractivity contribution in [3.8, 4) is 11.3 Å². The number of H-pyrrole nitrogens is 1. The van der Waals surface area contributed by atoms with E-state index in [1.807, 2.05) is 6.07 Å². The SMILES string of the molecule is Ic1c(-c2ccccc2)[nH]c2ccccc12. The predicted octanol–water partition coefficient (Wildman–Crippen LogP) is 4.44. The lowest BCUT2D eigenvalue weighted by Crippen LogP contribution is -1.78. The third-order valence-corrected chi connectivity index (χ3v) is 3.83. The number of para-hydroxylation sites is 1. The third kappa shape index (κ3) is 1.53. The monoisotopic (exact) mass is 319 g/mol. The highest BCUT2D eigenvalue weighted by molar-refractivity contribution is 14.1. The zero-order valence-corrected chi connectivity index (χ0v) is 10.7. The minimum absolute atomic E-state index is 1.20. The Kier molecular flexibility index (Phi) is 2.44. The van der Waals surface area contributed by atoms with E-state index < -0.39 is 0 Å². The Morgan fingerprint density at radius 2 is 1.50 bits per heavy atom. The van der Waals surface area contributed by atoms with E-state index in [4.69, 9.17) is 0 Å². The highest BCUT2D eigenvalue weighted by Crippen LogP contribution is 2.30. The van der Waals surface area contributed by atoms with Gasteiger partial charge in [0, 0.05) is 14.5 Å². The van der Waals surface area contributed by atoms with Crippen LogP contribution in [0.2, 0.25) is 0 Å². The van der Waals surface area contributed by atoms with Crippen molar-refractivity contribution in [3.05, 3.63) is 58.2 Å². The fourth-order valence-corrected chi connectivity index (χ4v) is 2.83. The van der Waals surface area contributed by atoms with E-state index in [0.717, 1.165) is 0 Å². The maximum Gasteiger partial charge on any atom is 0.0600 e. The summed E-state index contributed by atoms with van der Waals surface area (Å²) in [5, 5.41) is 1.29. The van der Waals surface area contributed by atoms with Gasteiger partial charge in [-0.05, 0) is 34.2 Å². The van der Waals surface area contributed by atoms with Crippen LogP contribution in [0, 0.1) is 3.57 Å². The molecule has 78 valence electrons. The van der Waals surface area contributed by atoms with Crippen molar-refractivity contribution < 1.29 is 0 Å². The van der Waals surface area contributed by atoms with E-state index in [2.05, 4.69) is 76.1 Å². The lowest BCUT2D eigenvalue weighted by Gasteiger charge is -1.97. The molecule has 1 aromatic heterocycles. The van der Waals surface area contributed by atoms with Crippen molar-refractivity contribution in [3.63, 3.8) is 0 Å². The van der Waals surface area contributed by atoms with Crippen LogP contribution in [-0.4, -0.2) is 4.98 Å². The standard InChI is InChI=1S/C14H10IN/c15-13-11-8-4-5-9-12(11)16-14(13)10-6-2-1-3-7-10/h1-9,16H. The molecule has 0 aliphatic heterocycles. The van der Waals surface area contributed by atoms with Gasteiger partial charge < -0.3 is 4.98 Å². The summed E-state index contributed by atoms with van der Waals surface area (Å²) in [5.74, 6) is 0. The van der Waals surface area contributed by atoms with Crippen LogP contribution in [0.5, 0.6) is 0 Å². The molecule has 2 heteroatoms. The van der Waals surface area contributed by atoms with Crippen LogP contribution >= 0.6 is 22.6 Å². The van der Waals surface area contributed by atoms with E-state index >= 15 is 0 Å². The summed E-state index contributed by atoms with van der Waals surface area (Å²) < 4.78 is 1.29. The van der Waals surface area contributed by atoms with Gasteiger partial charge in [-0.15, -0.1) is 0 Å². The van der Waals surface area contributed by atoms with Crippen LogP contribution in [0.3, 0.4) is 0 Å². The van der Waals surface area contributed by atoms with Gasteiger partial charge in [-0.3, -0.25) is 0 Å². The molecule has 0 fully saturated rings. The molecule has 2 aromatic carbocycles. The second kappa shape index (κ2) is 3.94. The molecule has 3 rings (SSSR count). The number of benzene rings is 2. The van der Waals surface area contributed by atoms with E-state index in [0.29, 0.717) is 0 Å². The molecule has 0 aliphatic rings. The minimum atomic E-state index is 1.20. The minimum Gasteiger partial charge on any atom is -0.354 e. The average molecular weight is 319 g/mol. The van der Waals surface area contributed by atoms with Gasteiger partial charge in [0.2, 0.25) is 0 Å². The van der Waals surface area contributed by atoms with Crippen molar-refractivity contribution in [1.82, 2.24) is 4.98 Å². The average Bonchev–Trinajstić information content (AvgIpc) is 2.69. The molecule has 0 radical (unpaired) electrons. The van der Waals surface area contributed by atoms with E-state index in [-0.39, 0.29) is 0 Å². The van der Waals surface area contributed by atoms with E-state index in [9.17, 15) is 0 Å². The van der Waals surface area contributed by atoms with Gasteiger partial charge in [0.1, 0.15) is 0 Å². The summed E-state index contributed by atoms with van der Waals surface area (Å²) >= 11 is 2.41. The molecule has 0 bridgehead atoms. The smallest absolute Gasteiger partial charge is 0.0600 e. The second-order valence-corrected chi connectivity index (χ2v) is 4.80. The second-order valence-electron chi connectivity index (χ2n) is 3.73. The van der Waals surface area contributed by atoms with E-state index in [1.54, 1.807) is 0 Å². The molecule has 0 atom stereocenters. The first-order valence-electron chi connectivity index (χ1n) is 5.18. The maximum absolute atomic E-state index is 3.47. The summed E-state index contributed by atoms with van der Waals surface area (Å²) in [6.45, 7) is 0. The molecule has 0 saturated heterocycles. The number of fused-ring (bicyclic) bond motifs is 1. The number of nitrogens with one attached hydrogen (secondary N) is 1. The zero-order valence-electron chi connectivity index (χ0n) is 8.57.